The van der Waals surface area contributed by atoms with Crippen molar-refractivity contribution in [2.45, 2.75) is 13.8 Å². The van der Waals surface area contributed by atoms with Gasteiger partial charge in [0, 0.05) is 0 Å². The van der Waals surface area contributed by atoms with Crippen LogP contribution < -0.4 is 0 Å². The minimum Gasteiger partial charge on any atom is -0.0991 e. The first kappa shape index (κ1) is 12.3. The number of benzene rings is 1. The van der Waals surface area contributed by atoms with Crippen LogP contribution in [0.3, 0.4) is 0 Å². The van der Waals surface area contributed by atoms with Gasteiger partial charge in [-0.1, -0.05) is 61.7 Å². The van der Waals surface area contributed by atoms with Crippen molar-refractivity contribution in [3.63, 3.8) is 0 Å². The zero-order valence-electron chi connectivity index (χ0n) is 10.1. The zero-order valence-corrected chi connectivity index (χ0v) is 10.1. The van der Waals surface area contributed by atoms with Crippen molar-refractivity contribution in [2.75, 3.05) is 0 Å². The van der Waals surface area contributed by atoms with Gasteiger partial charge in [0.1, 0.15) is 0 Å². The summed E-state index contributed by atoms with van der Waals surface area (Å²) >= 11 is 0. The van der Waals surface area contributed by atoms with E-state index >= 15 is 0 Å². The van der Waals surface area contributed by atoms with Crippen LogP contribution >= 0.6 is 0 Å². The van der Waals surface area contributed by atoms with E-state index in [0.717, 1.165) is 27.8 Å². The van der Waals surface area contributed by atoms with Crippen LogP contribution in [0.5, 0.6) is 0 Å². The molecule has 0 unspecified atom stereocenters. The molecule has 16 heavy (non-hydrogen) atoms. The Hall–Kier alpha value is -1.82. The molecule has 0 atom stereocenters. The number of allylic oxidation sites excluding steroid dienone is 5. The smallest absolute Gasteiger partial charge is 0.0112 e. The molecule has 0 N–H and O–H groups in total. The fraction of sp³-hybridized carbons (Fsp3) is 0.125. The van der Waals surface area contributed by atoms with Gasteiger partial charge in [0.2, 0.25) is 0 Å². The van der Waals surface area contributed by atoms with Crippen LogP contribution in [0.1, 0.15) is 25.0 Å². The highest BCUT2D eigenvalue weighted by Crippen LogP contribution is 2.27. The second kappa shape index (κ2) is 5.32. The van der Waals surface area contributed by atoms with Gasteiger partial charge in [0.25, 0.3) is 0 Å². The molecule has 0 aliphatic carbocycles. The standard InChI is InChI=1S/C16H18/c1-6-9-13(4)14(5)16-11-8-7-10-15(16)12(2)3/h6-11H,1-2,5H2,3-4H3/b13-9+. The van der Waals surface area contributed by atoms with Gasteiger partial charge in [-0.05, 0) is 36.1 Å². The van der Waals surface area contributed by atoms with E-state index < -0.39 is 0 Å². The van der Waals surface area contributed by atoms with Crippen LogP contribution in [0.2, 0.25) is 0 Å². The zero-order chi connectivity index (χ0) is 12.1. The summed E-state index contributed by atoms with van der Waals surface area (Å²) in [5.41, 5.74) is 5.51. The van der Waals surface area contributed by atoms with Gasteiger partial charge in [-0.15, -0.1) is 0 Å². The van der Waals surface area contributed by atoms with Crippen LogP contribution in [0.4, 0.5) is 0 Å². The highest BCUT2D eigenvalue weighted by molar-refractivity contribution is 5.84. The lowest BCUT2D eigenvalue weighted by Crippen LogP contribution is -1.91. The molecule has 0 aliphatic rings. The SMILES string of the molecule is C=C/C=C(\C)C(=C)c1ccccc1C(=C)C. The van der Waals surface area contributed by atoms with E-state index in [2.05, 4.69) is 31.9 Å². The predicted molar refractivity (Wildman–Crippen MR) is 74.1 cm³/mol. The Morgan fingerprint density at radius 1 is 1.06 bits per heavy atom. The maximum atomic E-state index is 4.13. The largest absolute Gasteiger partial charge is 0.0991 e. The lowest BCUT2D eigenvalue weighted by molar-refractivity contribution is 1.46. The first-order valence-electron chi connectivity index (χ1n) is 5.31. The van der Waals surface area contributed by atoms with Crippen molar-refractivity contribution in [2.24, 2.45) is 0 Å². The molecule has 0 aliphatic heterocycles. The Balaban J connectivity index is 3.23. The summed E-state index contributed by atoms with van der Waals surface area (Å²) in [6, 6.07) is 8.19. The number of hydrogen-bond donors (Lipinski definition) is 0. The molecule has 0 heteroatoms. The number of rotatable bonds is 4. The monoisotopic (exact) mass is 210 g/mol. The first-order valence-corrected chi connectivity index (χ1v) is 5.31. The normalized spacial score (nSPS) is 11.0. The average molecular weight is 210 g/mol. The molecular formula is C16H18. The highest BCUT2D eigenvalue weighted by Gasteiger charge is 2.06. The fourth-order valence-corrected chi connectivity index (χ4v) is 1.61. The maximum Gasteiger partial charge on any atom is -0.0112 e. The van der Waals surface area contributed by atoms with Crippen LogP contribution in [-0.2, 0) is 0 Å². The third kappa shape index (κ3) is 2.60. The van der Waals surface area contributed by atoms with Crippen molar-refractivity contribution >= 4 is 11.1 Å². The summed E-state index contributed by atoms with van der Waals surface area (Å²) in [5.74, 6) is 0. The summed E-state index contributed by atoms with van der Waals surface area (Å²) < 4.78 is 0. The van der Waals surface area contributed by atoms with Gasteiger partial charge in [0.05, 0.1) is 0 Å². The summed E-state index contributed by atoms with van der Waals surface area (Å²) in [6.45, 7) is 15.9. The summed E-state index contributed by atoms with van der Waals surface area (Å²) in [5, 5.41) is 0. The fourth-order valence-electron chi connectivity index (χ4n) is 1.61. The van der Waals surface area contributed by atoms with Gasteiger partial charge in [-0.3, -0.25) is 0 Å². The van der Waals surface area contributed by atoms with Gasteiger partial charge in [-0.2, -0.15) is 0 Å². The average Bonchev–Trinajstić information content (AvgIpc) is 2.28. The van der Waals surface area contributed by atoms with Gasteiger partial charge in [0.15, 0.2) is 0 Å². The Morgan fingerprint density at radius 2 is 1.62 bits per heavy atom. The van der Waals surface area contributed by atoms with E-state index in [1.54, 1.807) is 6.08 Å². The van der Waals surface area contributed by atoms with E-state index in [1.807, 2.05) is 32.1 Å². The van der Waals surface area contributed by atoms with E-state index in [0.29, 0.717) is 0 Å². The minimum absolute atomic E-state index is 1.03. The summed E-state index contributed by atoms with van der Waals surface area (Å²) in [4.78, 5) is 0. The molecule has 0 nitrogen and oxygen atoms in total. The molecule has 1 aromatic rings. The molecule has 0 fully saturated rings. The molecule has 0 heterocycles. The molecule has 0 saturated carbocycles. The Labute approximate surface area is 98.3 Å². The second-order valence-corrected chi connectivity index (χ2v) is 3.89. The van der Waals surface area contributed by atoms with Crippen LogP contribution in [0.25, 0.3) is 11.1 Å². The van der Waals surface area contributed by atoms with Gasteiger partial charge < -0.3 is 0 Å². The van der Waals surface area contributed by atoms with Crippen LogP contribution in [0.15, 0.2) is 61.7 Å². The molecule has 0 amide bonds. The molecular weight excluding hydrogens is 192 g/mol. The van der Waals surface area contributed by atoms with E-state index in [9.17, 15) is 0 Å². The Bertz CT molecular complexity index is 459. The third-order valence-electron chi connectivity index (χ3n) is 2.56. The second-order valence-electron chi connectivity index (χ2n) is 3.89. The molecule has 0 saturated heterocycles. The highest BCUT2D eigenvalue weighted by atomic mass is 14.1. The van der Waals surface area contributed by atoms with Crippen LogP contribution in [0, 0.1) is 0 Å². The molecule has 1 rings (SSSR count). The van der Waals surface area contributed by atoms with E-state index in [-0.39, 0.29) is 0 Å². The summed E-state index contributed by atoms with van der Waals surface area (Å²) in [6.07, 6.45) is 3.75. The van der Waals surface area contributed by atoms with Crippen molar-refractivity contribution in [1.82, 2.24) is 0 Å². The molecule has 0 bridgehead atoms. The van der Waals surface area contributed by atoms with Crippen molar-refractivity contribution in [3.8, 4) is 0 Å². The van der Waals surface area contributed by atoms with Crippen LogP contribution in [-0.4, -0.2) is 0 Å². The topological polar surface area (TPSA) is 0 Å². The Kier molecular flexibility index (Phi) is 4.07. The maximum absolute atomic E-state index is 4.13. The van der Waals surface area contributed by atoms with Gasteiger partial charge in [-0.25, -0.2) is 0 Å². The van der Waals surface area contributed by atoms with Crippen molar-refractivity contribution in [3.05, 3.63) is 72.9 Å². The third-order valence-corrected chi connectivity index (χ3v) is 2.56. The predicted octanol–water partition coefficient (Wildman–Crippen LogP) is 4.87. The van der Waals surface area contributed by atoms with E-state index in [1.165, 1.54) is 0 Å². The lowest BCUT2D eigenvalue weighted by atomic mass is 9.93. The first-order chi connectivity index (χ1) is 7.57. The van der Waals surface area contributed by atoms with Gasteiger partial charge >= 0.3 is 0 Å². The molecule has 1 aromatic carbocycles. The summed E-state index contributed by atoms with van der Waals surface area (Å²) in [7, 11) is 0. The van der Waals surface area contributed by atoms with Crippen molar-refractivity contribution < 1.29 is 0 Å². The molecule has 82 valence electrons. The van der Waals surface area contributed by atoms with Crippen molar-refractivity contribution in [1.29, 1.82) is 0 Å². The lowest BCUT2D eigenvalue weighted by Gasteiger charge is -2.12. The quantitative estimate of drug-likeness (QED) is 0.622. The van der Waals surface area contributed by atoms with E-state index in [4.69, 9.17) is 0 Å². The minimum atomic E-state index is 1.03. The molecule has 0 aromatic heterocycles. The number of hydrogen-bond acceptors (Lipinski definition) is 0. The molecule has 0 radical (unpaired) electrons. The Morgan fingerprint density at radius 3 is 2.12 bits per heavy atom. The molecule has 0 spiro atoms.